The molecule has 0 aliphatic rings. The molecule has 3 aromatic heterocycles. The Hall–Kier alpha value is -3.16. The van der Waals surface area contributed by atoms with E-state index in [2.05, 4.69) is 9.97 Å². The van der Waals surface area contributed by atoms with Crippen molar-refractivity contribution < 1.29 is 19.4 Å². The summed E-state index contributed by atoms with van der Waals surface area (Å²) in [5, 5.41) is 16.2. The molecule has 6 nitrogen and oxygen atoms in total. The molecule has 1 unspecified atom stereocenters. The summed E-state index contributed by atoms with van der Waals surface area (Å²) in [5.74, 6) is 0.258. The number of aryl methyl sites for hydroxylation is 1. The summed E-state index contributed by atoms with van der Waals surface area (Å²) in [6.07, 6.45) is -1.03. The molecule has 3 heterocycles. The molecule has 0 amide bonds. The third-order valence-electron chi connectivity index (χ3n) is 4.96. The lowest BCUT2D eigenvalue weighted by molar-refractivity contribution is 0.0593. The highest BCUT2D eigenvalue weighted by molar-refractivity contribution is 7.08. The maximum Gasteiger partial charge on any atom is 0.356 e. The number of aromatic amines is 1. The number of fused-ring (bicyclic) bond motifs is 1. The van der Waals surface area contributed by atoms with Gasteiger partial charge < -0.3 is 19.6 Å². The zero-order chi connectivity index (χ0) is 21.3. The van der Waals surface area contributed by atoms with E-state index in [9.17, 15) is 9.90 Å². The summed E-state index contributed by atoms with van der Waals surface area (Å²) in [6, 6.07) is 10.9. The molecular weight excluding hydrogens is 400 g/mol. The highest BCUT2D eigenvalue weighted by atomic mass is 32.1. The Morgan fingerprint density at radius 3 is 2.83 bits per heavy atom. The summed E-state index contributed by atoms with van der Waals surface area (Å²) in [4.78, 5) is 19.7. The zero-order valence-corrected chi connectivity index (χ0v) is 17.7. The van der Waals surface area contributed by atoms with Crippen molar-refractivity contribution in [2.24, 2.45) is 0 Å². The number of esters is 1. The van der Waals surface area contributed by atoms with E-state index in [0.29, 0.717) is 17.9 Å². The molecule has 4 aromatic rings. The van der Waals surface area contributed by atoms with Gasteiger partial charge in [0.1, 0.15) is 17.5 Å². The molecule has 2 N–H and O–H groups in total. The quantitative estimate of drug-likeness (QED) is 0.433. The lowest BCUT2D eigenvalue weighted by Gasteiger charge is -2.14. The van der Waals surface area contributed by atoms with Crippen LogP contribution in [-0.4, -0.2) is 34.8 Å². The van der Waals surface area contributed by atoms with Crippen LogP contribution in [0, 0.1) is 6.92 Å². The second-order valence-electron chi connectivity index (χ2n) is 6.86. The van der Waals surface area contributed by atoms with Crippen molar-refractivity contribution in [2.75, 3.05) is 13.7 Å². The van der Waals surface area contributed by atoms with Crippen LogP contribution in [0.15, 0.2) is 47.2 Å². The molecule has 1 atom stereocenters. The van der Waals surface area contributed by atoms with E-state index >= 15 is 0 Å². The van der Waals surface area contributed by atoms with Crippen molar-refractivity contribution in [1.82, 2.24) is 9.97 Å². The molecule has 7 heteroatoms. The number of carbonyl (C=O) groups is 1. The molecule has 0 bridgehead atoms. The molecule has 0 spiro atoms. The fourth-order valence-electron chi connectivity index (χ4n) is 3.55. The molecule has 154 valence electrons. The number of ether oxygens (including phenoxy) is 2. The van der Waals surface area contributed by atoms with E-state index in [1.807, 2.05) is 42.8 Å². The van der Waals surface area contributed by atoms with Crippen LogP contribution in [0.1, 0.15) is 40.3 Å². The van der Waals surface area contributed by atoms with E-state index < -0.39 is 12.1 Å². The van der Waals surface area contributed by atoms with E-state index in [4.69, 9.17) is 9.47 Å². The van der Waals surface area contributed by atoms with Crippen molar-refractivity contribution >= 4 is 28.2 Å². The van der Waals surface area contributed by atoms with E-state index in [1.165, 1.54) is 7.11 Å². The van der Waals surface area contributed by atoms with Crippen LogP contribution in [0.4, 0.5) is 0 Å². The second kappa shape index (κ2) is 8.30. The first-order valence-corrected chi connectivity index (χ1v) is 10.5. The Balaban J connectivity index is 1.91. The van der Waals surface area contributed by atoms with Gasteiger partial charge in [0.2, 0.25) is 0 Å². The Morgan fingerprint density at radius 1 is 1.30 bits per heavy atom. The Morgan fingerprint density at radius 2 is 2.13 bits per heavy atom. The summed E-state index contributed by atoms with van der Waals surface area (Å²) >= 11 is 1.58. The van der Waals surface area contributed by atoms with Crippen LogP contribution < -0.4 is 4.74 Å². The van der Waals surface area contributed by atoms with Crippen molar-refractivity contribution in [3.05, 3.63) is 69.7 Å². The Labute approximate surface area is 178 Å². The number of thiophene rings is 1. The van der Waals surface area contributed by atoms with Gasteiger partial charge in [0.25, 0.3) is 0 Å². The predicted octanol–water partition coefficient (Wildman–Crippen LogP) is 4.87. The lowest BCUT2D eigenvalue weighted by atomic mass is 9.98. The standard InChI is InChI=1S/C23H22N2O4S/c1-4-29-19-11-18-15(10-13(19)2)20(21(25-18)14-8-9-30-12-14)22(26)16-6-5-7-17(24-16)23(27)28-3/h5-12,22,25-26H,4H2,1-3H3. The fraction of sp³-hybridized carbons (Fsp3) is 0.217. The number of methoxy groups -OCH3 is 1. The lowest BCUT2D eigenvalue weighted by Crippen LogP contribution is -2.09. The third-order valence-corrected chi connectivity index (χ3v) is 5.65. The molecule has 30 heavy (non-hydrogen) atoms. The number of nitrogens with zero attached hydrogens (tertiary/aromatic N) is 1. The van der Waals surface area contributed by atoms with Gasteiger partial charge in [-0.3, -0.25) is 0 Å². The normalized spacial score (nSPS) is 12.1. The van der Waals surface area contributed by atoms with E-state index in [0.717, 1.165) is 33.5 Å². The van der Waals surface area contributed by atoms with Gasteiger partial charge in [-0.15, -0.1) is 0 Å². The molecular formula is C23H22N2O4S. The van der Waals surface area contributed by atoms with Gasteiger partial charge in [0.05, 0.1) is 25.1 Å². The van der Waals surface area contributed by atoms with Crippen molar-refractivity contribution in [1.29, 1.82) is 0 Å². The first-order chi connectivity index (χ1) is 14.5. The maximum absolute atomic E-state index is 11.9. The predicted molar refractivity (Wildman–Crippen MR) is 117 cm³/mol. The van der Waals surface area contributed by atoms with Crippen molar-refractivity contribution in [3.8, 4) is 17.0 Å². The maximum atomic E-state index is 11.9. The minimum absolute atomic E-state index is 0.154. The first kappa shape index (κ1) is 20.1. The number of aliphatic hydroxyl groups is 1. The van der Waals surface area contributed by atoms with Gasteiger partial charge in [-0.2, -0.15) is 11.3 Å². The Kier molecular flexibility index (Phi) is 5.57. The summed E-state index contributed by atoms with van der Waals surface area (Å²) in [6.45, 7) is 4.50. The van der Waals surface area contributed by atoms with Crippen LogP contribution in [0.25, 0.3) is 22.2 Å². The molecule has 0 saturated heterocycles. The van der Waals surface area contributed by atoms with Crippen LogP contribution in [0.2, 0.25) is 0 Å². The second-order valence-corrected chi connectivity index (χ2v) is 7.64. The molecule has 0 aliphatic carbocycles. The summed E-state index contributed by atoms with van der Waals surface area (Å²) in [5.41, 5.74) is 4.88. The number of rotatable bonds is 6. The van der Waals surface area contributed by atoms with Crippen LogP contribution in [0.3, 0.4) is 0 Å². The zero-order valence-electron chi connectivity index (χ0n) is 16.9. The molecule has 1 aromatic carbocycles. The number of carbonyl (C=O) groups excluding carboxylic acids is 1. The van der Waals surface area contributed by atoms with Gasteiger partial charge in [0, 0.05) is 33.5 Å². The number of hydrogen-bond acceptors (Lipinski definition) is 6. The van der Waals surface area contributed by atoms with Crippen molar-refractivity contribution in [3.63, 3.8) is 0 Å². The van der Waals surface area contributed by atoms with E-state index in [-0.39, 0.29) is 5.69 Å². The highest BCUT2D eigenvalue weighted by Gasteiger charge is 2.24. The van der Waals surface area contributed by atoms with Crippen LogP contribution >= 0.6 is 11.3 Å². The summed E-state index contributed by atoms with van der Waals surface area (Å²) in [7, 11) is 1.31. The van der Waals surface area contributed by atoms with Crippen LogP contribution in [-0.2, 0) is 4.74 Å². The molecule has 4 rings (SSSR count). The SMILES string of the molecule is CCOc1cc2[nH]c(-c3ccsc3)c(C(O)c3cccc(C(=O)OC)n3)c2cc1C. The average molecular weight is 423 g/mol. The van der Waals surface area contributed by atoms with Gasteiger partial charge in [-0.1, -0.05) is 6.07 Å². The largest absolute Gasteiger partial charge is 0.494 e. The third kappa shape index (κ3) is 3.58. The highest BCUT2D eigenvalue weighted by Crippen LogP contribution is 2.40. The van der Waals surface area contributed by atoms with Gasteiger partial charge >= 0.3 is 5.97 Å². The number of hydrogen-bond donors (Lipinski definition) is 2. The van der Waals surface area contributed by atoms with Gasteiger partial charge in [0.15, 0.2) is 0 Å². The minimum atomic E-state index is -1.03. The number of benzene rings is 1. The summed E-state index contributed by atoms with van der Waals surface area (Å²) < 4.78 is 10.5. The fourth-order valence-corrected chi connectivity index (χ4v) is 4.20. The van der Waals surface area contributed by atoms with Crippen LogP contribution in [0.5, 0.6) is 5.75 Å². The minimum Gasteiger partial charge on any atom is -0.494 e. The molecule has 0 radical (unpaired) electrons. The number of aromatic nitrogens is 2. The number of pyridine rings is 1. The number of H-pyrrole nitrogens is 1. The van der Waals surface area contributed by atoms with E-state index in [1.54, 1.807) is 29.5 Å². The number of aliphatic hydroxyl groups excluding tert-OH is 1. The van der Waals surface area contributed by atoms with Crippen molar-refractivity contribution in [2.45, 2.75) is 20.0 Å². The van der Waals surface area contributed by atoms with Gasteiger partial charge in [-0.25, -0.2) is 9.78 Å². The smallest absolute Gasteiger partial charge is 0.356 e. The molecule has 0 fully saturated rings. The average Bonchev–Trinajstić information content (AvgIpc) is 3.41. The molecule has 0 saturated carbocycles. The number of nitrogens with one attached hydrogen (secondary N) is 1. The topological polar surface area (TPSA) is 84.4 Å². The first-order valence-electron chi connectivity index (χ1n) is 9.58. The molecule has 0 aliphatic heterocycles. The Bertz CT molecular complexity index is 1200. The van der Waals surface area contributed by atoms with Gasteiger partial charge in [-0.05, 0) is 49.1 Å². The monoisotopic (exact) mass is 422 g/mol.